The van der Waals surface area contributed by atoms with E-state index in [9.17, 15) is 9.59 Å². The van der Waals surface area contributed by atoms with Crippen LogP contribution in [0.15, 0.2) is 40.9 Å². The van der Waals surface area contributed by atoms with Crippen molar-refractivity contribution in [2.24, 2.45) is 0 Å². The van der Waals surface area contributed by atoms with Crippen molar-refractivity contribution in [3.8, 4) is 17.2 Å². The molecule has 2 aliphatic rings. The van der Waals surface area contributed by atoms with Crippen LogP contribution in [0, 0.1) is 0 Å². The molecule has 2 aromatic carbocycles. The van der Waals surface area contributed by atoms with E-state index in [1.165, 1.54) is 4.90 Å². The molecule has 0 saturated carbocycles. The monoisotopic (exact) mass is 460 g/mol. The van der Waals surface area contributed by atoms with Crippen molar-refractivity contribution >= 4 is 33.4 Å². The van der Waals surface area contributed by atoms with E-state index in [1.807, 2.05) is 31.2 Å². The zero-order chi connectivity index (χ0) is 20.4. The number of hydrogen-bond donors (Lipinski definition) is 0. The smallest absolute Gasteiger partial charge is 0.265 e. The van der Waals surface area contributed by atoms with Crippen molar-refractivity contribution in [1.82, 2.24) is 4.90 Å². The number of hydrogen-bond acceptors (Lipinski definition) is 5. The summed E-state index contributed by atoms with van der Waals surface area (Å²) in [4.78, 5) is 28.7. The van der Waals surface area contributed by atoms with Gasteiger partial charge in [-0.25, -0.2) is 0 Å². The average Bonchev–Trinajstić information content (AvgIpc) is 2.74. The number of nitrogens with zero attached hydrogens (tertiary/aromatic N) is 2. The highest BCUT2D eigenvalue weighted by atomic mass is 79.9. The van der Waals surface area contributed by atoms with Gasteiger partial charge in [-0.05, 0) is 31.2 Å². The first-order chi connectivity index (χ1) is 14.1. The molecule has 2 aromatic rings. The number of carbonyl (C=O) groups is 2. The lowest BCUT2D eigenvalue weighted by molar-refractivity contribution is -0.132. The number of halogens is 1. The minimum Gasteiger partial charge on any atom is -0.486 e. The molecule has 29 heavy (non-hydrogen) atoms. The van der Waals surface area contributed by atoms with Crippen LogP contribution in [-0.2, 0) is 16.1 Å². The van der Waals surface area contributed by atoms with Crippen LogP contribution in [0.3, 0.4) is 0 Å². The highest BCUT2D eigenvalue weighted by Crippen LogP contribution is 2.36. The van der Waals surface area contributed by atoms with Gasteiger partial charge in [0.25, 0.3) is 5.91 Å². The number of rotatable bonds is 5. The van der Waals surface area contributed by atoms with Crippen LogP contribution in [-0.4, -0.2) is 49.6 Å². The van der Waals surface area contributed by atoms with Gasteiger partial charge < -0.3 is 19.1 Å². The van der Waals surface area contributed by atoms with Gasteiger partial charge in [0.1, 0.15) is 25.5 Å². The van der Waals surface area contributed by atoms with Crippen molar-refractivity contribution in [3.63, 3.8) is 0 Å². The number of benzene rings is 2. The van der Waals surface area contributed by atoms with Gasteiger partial charge >= 0.3 is 0 Å². The van der Waals surface area contributed by atoms with Crippen LogP contribution in [0.25, 0.3) is 0 Å². The van der Waals surface area contributed by atoms with E-state index in [1.54, 1.807) is 17.0 Å². The van der Waals surface area contributed by atoms with Gasteiger partial charge in [0.2, 0.25) is 5.91 Å². The van der Waals surface area contributed by atoms with E-state index >= 15 is 0 Å². The van der Waals surface area contributed by atoms with Crippen LogP contribution in [0.5, 0.6) is 17.2 Å². The van der Waals surface area contributed by atoms with Crippen LogP contribution in [0.4, 0.5) is 5.69 Å². The molecule has 8 heteroatoms. The van der Waals surface area contributed by atoms with Crippen LogP contribution >= 0.6 is 15.9 Å². The first kappa shape index (κ1) is 19.6. The maximum atomic E-state index is 13.0. The molecule has 0 bridgehead atoms. The third-order valence-corrected chi connectivity index (χ3v) is 5.39. The predicted molar refractivity (Wildman–Crippen MR) is 111 cm³/mol. The normalized spacial score (nSPS) is 14.8. The standard InChI is InChI=1S/C21H21BrN2O5/c1-2-23(11-14-4-3-5-17-21(14)28-9-8-27-17)19(25)12-24-16-7-6-15(22)10-18(16)29-13-20(24)26/h3-7,10H,2,8-9,11-13H2,1H3. The number of fused-ring (bicyclic) bond motifs is 2. The quantitative estimate of drug-likeness (QED) is 0.685. The Labute approximate surface area is 177 Å². The van der Waals surface area contributed by atoms with E-state index in [0.29, 0.717) is 49.2 Å². The Bertz CT molecular complexity index is 949. The van der Waals surface area contributed by atoms with Gasteiger partial charge in [-0.3, -0.25) is 14.5 Å². The summed E-state index contributed by atoms with van der Waals surface area (Å²) >= 11 is 3.40. The molecule has 0 saturated heterocycles. The summed E-state index contributed by atoms with van der Waals surface area (Å²) in [6.07, 6.45) is 0. The summed E-state index contributed by atoms with van der Waals surface area (Å²) < 4.78 is 17.7. The summed E-state index contributed by atoms with van der Waals surface area (Å²) in [5.74, 6) is 1.57. The summed E-state index contributed by atoms with van der Waals surface area (Å²) in [7, 11) is 0. The molecule has 7 nitrogen and oxygen atoms in total. The molecule has 2 heterocycles. The van der Waals surface area contributed by atoms with E-state index in [0.717, 1.165) is 10.0 Å². The molecule has 0 radical (unpaired) electrons. The topological polar surface area (TPSA) is 68.3 Å². The van der Waals surface area contributed by atoms with Crippen molar-refractivity contribution in [3.05, 3.63) is 46.4 Å². The molecule has 2 aliphatic heterocycles. The second-order valence-corrected chi connectivity index (χ2v) is 7.65. The molecule has 4 rings (SSSR count). The zero-order valence-electron chi connectivity index (χ0n) is 16.0. The molecule has 152 valence electrons. The Morgan fingerprint density at radius 2 is 1.97 bits per heavy atom. The van der Waals surface area contributed by atoms with Gasteiger partial charge in [-0.15, -0.1) is 0 Å². The molecule has 0 N–H and O–H groups in total. The number of ether oxygens (including phenoxy) is 3. The summed E-state index contributed by atoms with van der Waals surface area (Å²) in [5, 5.41) is 0. The third-order valence-electron chi connectivity index (χ3n) is 4.90. The van der Waals surface area contributed by atoms with E-state index in [-0.39, 0.29) is 25.0 Å². The minimum absolute atomic E-state index is 0.0446. The SMILES string of the molecule is CCN(Cc1cccc2c1OCCO2)C(=O)CN1C(=O)COc2cc(Br)ccc21. The molecule has 0 unspecified atom stereocenters. The van der Waals surface area contributed by atoms with Crippen molar-refractivity contribution in [2.45, 2.75) is 13.5 Å². The fourth-order valence-electron chi connectivity index (χ4n) is 3.43. The molecular weight excluding hydrogens is 440 g/mol. The minimum atomic E-state index is -0.238. The Hall–Kier alpha value is -2.74. The summed E-state index contributed by atoms with van der Waals surface area (Å²) in [6, 6.07) is 11.1. The maximum absolute atomic E-state index is 13.0. The molecule has 0 spiro atoms. The van der Waals surface area contributed by atoms with E-state index in [2.05, 4.69) is 15.9 Å². The summed E-state index contributed by atoms with van der Waals surface area (Å²) in [6.45, 7) is 3.68. The Balaban J connectivity index is 1.53. The second-order valence-electron chi connectivity index (χ2n) is 6.73. The van der Waals surface area contributed by atoms with Crippen molar-refractivity contribution in [2.75, 3.05) is 37.8 Å². The van der Waals surface area contributed by atoms with Gasteiger partial charge in [0.15, 0.2) is 18.1 Å². The van der Waals surface area contributed by atoms with Crippen molar-refractivity contribution < 1.29 is 23.8 Å². The second kappa shape index (κ2) is 8.32. The van der Waals surface area contributed by atoms with E-state index in [4.69, 9.17) is 14.2 Å². The molecule has 0 aliphatic carbocycles. The van der Waals surface area contributed by atoms with Crippen molar-refractivity contribution in [1.29, 1.82) is 0 Å². The molecule has 0 fully saturated rings. The number of likely N-dealkylation sites (N-methyl/N-ethyl adjacent to an activating group) is 1. The maximum Gasteiger partial charge on any atom is 0.265 e. The fraction of sp³-hybridized carbons (Fsp3) is 0.333. The zero-order valence-corrected chi connectivity index (χ0v) is 17.6. The number of carbonyl (C=O) groups excluding carboxylic acids is 2. The van der Waals surface area contributed by atoms with Crippen LogP contribution in [0.2, 0.25) is 0 Å². The predicted octanol–water partition coefficient (Wildman–Crippen LogP) is 2.99. The number of amides is 2. The summed E-state index contributed by atoms with van der Waals surface area (Å²) in [5.41, 5.74) is 1.48. The molecule has 0 aromatic heterocycles. The first-order valence-corrected chi connectivity index (χ1v) is 10.2. The number of para-hydroxylation sites is 1. The highest BCUT2D eigenvalue weighted by Gasteiger charge is 2.29. The Morgan fingerprint density at radius 1 is 1.14 bits per heavy atom. The van der Waals surface area contributed by atoms with Crippen LogP contribution in [0.1, 0.15) is 12.5 Å². The lowest BCUT2D eigenvalue weighted by atomic mass is 10.1. The molecule has 0 atom stereocenters. The largest absolute Gasteiger partial charge is 0.486 e. The highest BCUT2D eigenvalue weighted by molar-refractivity contribution is 9.10. The molecule has 2 amide bonds. The van der Waals surface area contributed by atoms with Crippen LogP contribution < -0.4 is 19.1 Å². The Kier molecular flexibility index (Phi) is 5.62. The molecular formula is C21H21BrN2O5. The fourth-order valence-corrected chi connectivity index (χ4v) is 3.77. The Morgan fingerprint density at radius 3 is 2.79 bits per heavy atom. The average molecular weight is 461 g/mol. The van der Waals surface area contributed by atoms with Gasteiger partial charge in [-0.1, -0.05) is 28.1 Å². The lowest BCUT2D eigenvalue weighted by Gasteiger charge is -2.31. The number of anilines is 1. The first-order valence-electron chi connectivity index (χ1n) is 9.44. The van der Waals surface area contributed by atoms with E-state index < -0.39 is 0 Å². The third kappa shape index (κ3) is 4.03. The van der Waals surface area contributed by atoms with Gasteiger partial charge in [0.05, 0.1) is 5.69 Å². The van der Waals surface area contributed by atoms with Gasteiger partial charge in [-0.2, -0.15) is 0 Å². The lowest BCUT2D eigenvalue weighted by Crippen LogP contribution is -2.46. The van der Waals surface area contributed by atoms with Gasteiger partial charge in [0, 0.05) is 23.1 Å².